The van der Waals surface area contributed by atoms with Crippen molar-refractivity contribution < 1.29 is 14.3 Å². The lowest BCUT2D eigenvalue weighted by atomic mass is 9.85. The van der Waals surface area contributed by atoms with Crippen LogP contribution in [0.3, 0.4) is 0 Å². The van der Waals surface area contributed by atoms with Crippen molar-refractivity contribution in [3.63, 3.8) is 0 Å². The number of hydrogen-bond donors (Lipinski definition) is 0. The third-order valence-corrected chi connectivity index (χ3v) is 6.12. The Hall–Kier alpha value is -2.05. The zero-order valence-corrected chi connectivity index (χ0v) is 16.8. The lowest BCUT2D eigenvalue weighted by molar-refractivity contribution is -0.117. The SMILES string of the molecule is C[C@H]1Cn2ncc(N3CC4(CCCC4)CC3=O)c2CN1C(=O)OC(C)(C)C. The largest absolute Gasteiger partial charge is 0.444 e. The van der Waals surface area contributed by atoms with Gasteiger partial charge in [0.25, 0.3) is 0 Å². The fourth-order valence-corrected chi connectivity index (χ4v) is 4.75. The molecule has 2 aliphatic heterocycles. The van der Waals surface area contributed by atoms with E-state index in [4.69, 9.17) is 4.74 Å². The molecular formula is C20H30N4O3. The van der Waals surface area contributed by atoms with Crippen LogP contribution in [0.2, 0.25) is 0 Å². The Morgan fingerprint density at radius 2 is 2.00 bits per heavy atom. The van der Waals surface area contributed by atoms with Crippen molar-refractivity contribution in [3.8, 4) is 0 Å². The van der Waals surface area contributed by atoms with Crippen molar-refractivity contribution >= 4 is 17.7 Å². The summed E-state index contributed by atoms with van der Waals surface area (Å²) in [7, 11) is 0. The molecule has 2 fully saturated rings. The molecule has 27 heavy (non-hydrogen) atoms. The van der Waals surface area contributed by atoms with E-state index < -0.39 is 5.60 Å². The van der Waals surface area contributed by atoms with Gasteiger partial charge in [-0.25, -0.2) is 4.79 Å². The molecule has 0 unspecified atom stereocenters. The number of carbonyl (C=O) groups excluding carboxylic acids is 2. The zero-order chi connectivity index (χ0) is 19.4. The normalized spacial score (nSPS) is 24.6. The highest BCUT2D eigenvalue weighted by Gasteiger charge is 2.46. The second kappa shape index (κ2) is 6.24. The maximum absolute atomic E-state index is 12.8. The minimum absolute atomic E-state index is 0.00412. The molecule has 0 bridgehead atoms. The average Bonchev–Trinajstić information content (AvgIpc) is 3.24. The van der Waals surface area contributed by atoms with Crippen LogP contribution in [0.4, 0.5) is 10.5 Å². The van der Waals surface area contributed by atoms with Crippen LogP contribution in [0.5, 0.6) is 0 Å². The van der Waals surface area contributed by atoms with Gasteiger partial charge in [-0.15, -0.1) is 0 Å². The lowest BCUT2D eigenvalue weighted by Gasteiger charge is -2.36. The van der Waals surface area contributed by atoms with Gasteiger partial charge in [-0.2, -0.15) is 5.10 Å². The van der Waals surface area contributed by atoms with Crippen molar-refractivity contribution in [3.05, 3.63) is 11.9 Å². The smallest absolute Gasteiger partial charge is 0.410 e. The summed E-state index contributed by atoms with van der Waals surface area (Å²) in [6.45, 7) is 9.44. The van der Waals surface area contributed by atoms with E-state index in [9.17, 15) is 9.59 Å². The van der Waals surface area contributed by atoms with Crippen LogP contribution < -0.4 is 4.90 Å². The molecule has 0 N–H and O–H groups in total. The van der Waals surface area contributed by atoms with E-state index in [-0.39, 0.29) is 23.5 Å². The first-order valence-electron chi connectivity index (χ1n) is 10.0. The van der Waals surface area contributed by atoms with E-state index in [1.54, 1.807) is 11.1 Å². The summed E-state index contributed by atoms with van der Waals surface area (Å²) in [5.41, 5.74) is 1.42. The third-order valence-electron chi connectivity index (χ3n) is 6.12. The molecule has 7 heteroatoms. The second-order valence-electron chi connectivity index (χ2n) is 9.48. The van der Waals surface area contributed by atoms with Gasteiger partial charge in [0, 0.05) is 13.0 Å². The number of ether oxygens (including phenoxy) is 1. The first kappa shape index (κ1) is 18.3. The summed E-state index contributed by atoms with van der Waals surface area (Å²) < 4.78 is 7.52. The van der Waals surface area contributed by atoms with Gasteiger partial charge < -0.3 is 9.64 Å². The molecule has 1 aliphatic carbocycles. The van der Waals surface area contributed by atoms with Gasteiger partial charge in [0.1, 0.15) is 5.60 Å². The van der Waals surface area contributed by atoms with Crippen molar-refractivity contribution in [1.29, 1.82) is 0 Å². The topological polar surface area (TPSA) is 67.7 Å². The van der Waals surface area contributed by atoms with Crippen molar-refractivity contribution in [2.45, 2.75) is 84.5 Å². The Balaban J connectivity index is 1.57. The molecule has 0 radical (unpaired) electrons. The Morgan fingerprint density at radius 3 is 2.67 bits per heavy atom. The molecule has 2 amide bonds. The molecule has 1 saturated carbocycles. The van der Waals surface area contributed by atoms with Gasteiger partial charge in [-0.05, 0) is 46.0 Å². The number of anilines is 1. The number of hydrogen-bond acceptors (Lipinski definition) is 4. The van der Waals surface area contributed by atoms with Gasteiger partial charge in [0.15, 0.2) is 0 Å². The van der Waals surface area contributed by atoms with Crippen LogP contribution >= 0.6 is 0 Å². The minimum Gasteiger partial charge on any atom is -0.444 e. The molecule has 1 aromatic rings. The van der Waals surface area contributed by atoms with Crippen LogP contribution in [0.15, 0.2) is 6.20 Å². The molecule has 1 atom stereocenters. The molecule has 3 heterocycles. The number of fused-ring (bicyclic) bond motifs is 1. The Kier molecular flexibility index (Phi) is 4.24. The quantitative estimate of drug-likeness (QED) is 0.756. The number of nitrogens with zero attached hydrogens (tertiary/aromatic N) is 4. The number of aromatic nitrogens is 2. The monoisotopic (exact) mass is 374 g/mol. The van der Waals surface area contributed by atoms with Gasteiger partial charge in [-0.1, -0.05) is 12.8 Å². The summed E-state index contributed by atoms with van der Waals surface area (Å²) in [5, 5.41) is 4.51. The summed E-state index contributed by atoms with van der Waals surface area (Å²) in [6, 6.07) is -0.00412. The molecule has 148 valence electrons. The highest BCUT2D eigenvalue weighted by Crippen LogP contribution is 2.47. The fraction of sp³-hybridized carbons (Fsp3) is 0.750. The average molecular weight is 374 g/mol. The highest BCUT2D eigenvalue weighted by molar-refractivity contribution is 5.97. The van der Waals surface area contributed by atoms with Crippen molar-refractivity contribution in [1.82, 2.24) is 14.7 Å². The summed E-state index contributed by atoms with van der Waals surface area (Å²) in [5.74, 6) is 0.190. The predicted molar refractivity (Wildman–Crippen MR) is 101 cm³/mol. The molecule has 1 spiro atoms. The third kappa shape index (κ3) is 3.32. The van der Waals surface area contributed by atoms with E-state index in [0.29, 0.717) is 19.5 Å². The van der Waals surface area contributed by atoms with Crippen molar-refractivity contribution in [2.75, 3.05) is 11.4 Å². The van der Waals surface area contributed by atoms with E-state index in [1.807, 2.05) is 37.3 Å². The number of carbonyl (C=O) groups is 2. The molecule has 1 saturated heterocycles. The molecular weight excluding hydrogens is 344 g/mol. The molecule has 4 rings (SSSR count). The first-order chi connectivity index (χ1) is 12.7. The Labute approximate surface area is 160 Å². The second-order valence-corrected chi connectivity index (χ2v) is 9.48. The molecule has 7 nitrogen and oxygen atoms in total. The van der Waals surface area contributed by atoms with Gasteiger partial charge in [0.05, 0.1) is 36.7 Å². The zero-order valence-electron chi connectivity index (χ0n) is 16.8. The van der Waals surface area contributed by atoms with E-state index in [1.165, 1.54) is 12.8 Å². The van der Waals surface area contributed by atoms with Crippen LogP contribution in [0.1, 0.15) is 65.5 Å². The van der Waals surface area contributed by atoms with Gasteiger partial charge in [-0.3, -0.25) is 14.4 Å². The lowest BCUT2D eigenvalue weighted by Crippen LogP contribution is -2.47. The summed E-state index contributed by atoms with van der Waals surface area (Å²) >= 11 is 0. The van der Waals surface area contributed by atoms with Crippen LogP contribution in [0, 0.1) is 5.41 Å². The Bertz CT molecular complexity index is 758. The number of rotatable bonds is 1. The summed E-state index contributed by atoms with van der Waals surface area (Å²) in [4.78, 5) is 29.1. The fourth-order valence-electron chi connectivity index (χ4n) is 4.75. The standard InChI is InChI=1S/C20H30N4O3/c1-14-11-24-16(12-22(14)18(26)27-19(2,3)4)15(10-21-24)23-13-20(9-17(23)25)7-5-6-8-20/h10,14H,5-9,11-13H2,1-4H3/t14-/m0/s1. The highest BCUT2D eigenvalue weighted by atomic mass is 16.6. The van der Waals surface area contributed by atoms with E-state index in [0.717, 1.165) is 30.8 Å². The van der Waals surface area contributed by atoms with Crippen LogP contribution in [0.25, 0.3) is 0 Å². The van der Waals surface area contributed by atoms with Gasteiger partial charge >= 0.3 is 6.09 Å². The molecule has 1 aromatic heterocycles. The first-order valence-corrected chi connectivity index (χ1v) is 10.0. The van der Waals surface area contributed by atoms with Crippen molar-refractivity contribution in [2.24, 2.45) is 5.41 Å². The Morgan fingerprint density at radius 1 is 1.30 bits per heavy atom. The maximum atomic E-state index is 12.8. The maximum Gasteiger partial charge on any atom is 0.410 e. The number of amides is 2. The molecule has 0 aromatic carbocycles. The summed E-state index contributed by atoms with van der Waals surface area (Å²) in [6.07, 6.45) is 6.85. The predicted octanol–water partition coefficient (Wildman–Crippen LogP) is 3.32. The van der Waals surface area contributed by atoms with Gasteiger partial charge in [0.2, 0.25) is 5.91 Å². The van der Waals surface area contributed by atoms with E-state index >= 15 is 0 Å². The van der Waals surface area contributed by atoms with Crippen LogP contribution in [-0.2, 0) is 22.6 Å². The minimum atomic E-state index is -0.531. The van der Waals surface area contributed by atoms with E-state index in [2.05, 4.69) is 5.10 Å². The molecule has 3 aliphatic rings. The van der Waals surface area contributed by atoms with Crippen LogP contribution in [-0.4, -0.2) is 44.9 Å².